The van der Waals surface area contributed by atoms with E-state index in [1.54, 1.807) is 7.11 Å². The molecule has 0 aliphatic carbocycles. The van der Waals surface area contributed by atoms with Gasteiger partial charge in [-0.25, -0.2) is 4.72 Å². The third-order valence-corrected chi connectivity index (χ3v) is 5.84. The van der Waals surface area contributed by atoms with Gasteiger partial charge >= 0.3 is 0 Å². The third kappa shape index (κ3) is 4.77. The van der Waals surface area contributed by atoms with Crippen molar-refractivity contribution in [2.45, 2.75) is 44.4 Å². The Morgan fingerprint density at radius 3 is 2.77 bits per heavy atom. The van der Waals surface area contributed by atoms with Crippen molar-refractivity contribution in [3.8, 4) is 0 Å². The van der Waals surface area contributed by atoms with E-state index in [0.717, 1.165) is 19.4 Å². The number of morpholine rings is 1. The highest BCUT2D eigenvalue weighted by Crippen LogP contribution is 2.20. The first-order valence-corrected chi connectivity index (χ1v) is 8.94. The predicted molar refractivity (Wildman–Crippen MR) is 87.6 cm³/mol. The molecule has 2 rings (SSSR count). The molecule has 0 spiro atoms. The summed E-state index contributed by atoms with van der Waals surface area (Å²) in [6, 6.07) is -0.145. The van der Waals surface area contributed by atoms with Crippen molar-refractivity contribution in [1.82, 2.24) is 14.3 Å². The molecule has 2 N–H and O–H groups in total. The summed E-state index contributed by atoms with van der Waals surface area (Å²) >= 11 is 0. The second-order valence-electron chi connectivity index (χ2n) is 6.13. The molecule has 2 fully saturated rings. The zero-order valence-corrected chi connectivity index (χ0v) is 15.1. The molecule has 2 aliphatic heterocycles. The Kier molecular flexibility index (Phi) is 7.51. The summed E-state index contributed by atoms with van der Waals surface area (Å²) in [4.78, 5) is 0. The van der Waals surface area contributed by atoms with Crippen molar-refractivity contribution >= 4 is 22.6 Å². The van der Waals surface area contributed by atoms with E-state index in [-0.39, 0.29) is 30.1 Å². The topological polar surface area (TPSA) is 79.9 Å². The van der Waals surface area contributed by atoms with Crippen LogP contribution in [0.4, 0.5) is 0 Å². The first-order chi connectivity index (χ1) is 9.88. The van der Waals surface area contributed by atoms with Gasteiger partial charge in [-0.2, -0.15) is 12.7 Å². The molecule has 0 aromatic heterocycles. The number of halogens is 1. The Hall–Kier alpha value is 0.0400. The summed E-state index contributed by atoms with van der Waals surface area (Å²) in [6.45, 7) is 6.33. The fourth-order valence-corrected chi connectivity index (χ4v) is 4.56. The minimum atomic E-state index is -3.50. The molecule has 0 saturated carbocycles. The molecule has 9 heteroatoms. The number of ether oxygens (including phenoxy) is 2. The Balaban J connectivity index is 0.00000242. The summed E-state index contributed by atoms with van der Waals surface area (Å²) in [5.41, 5.74) is -0.289. The molecule has 0 aromatic carbocycles. The van der Waals surface area contributed by atoms with Gasteiger partial charge in [0.25, 0.3) is 10.2 Å². The lowest BCUT2D eigenvalue weighted by molar-refractivity contribution is -0.0176. The van der Waals surface area contributed by atoms with E-state index in [0.29, 0.717) is 26.3 Å². The van der Waals surface area contributed by atoms with Gasteiger partial charge in [-0.15, -0.1) is 12.4 Å². The smallest absolute Gasteiger partial charge is 0.279 e. The standard InChI is InChI=1S/C13H27N3O4S.ClH/c1-11-8-20-12(2)7-16(11)21(17,18)15-9-13(10-19-3)5-4-6-14-13;/h11-12,14-15H,4-10H2,1-3H3;1H. The molecule has 0 aromatic rings. The Morgan fingerprint density at radius 2 is 2.18 bits per heavy atom. The number of nitrogens with zero attached hydrogens (tertiary/aromatic N) is 1. The van der Waals surface area contributed by atoms with Crippen molar-refractivity contribution in [2.75, 3.05) is 40.0 Å². The quantitative estimate of drug-likeness (QED) is 0.706. The highest BCUT2D eigenvalue weighted by atomic mass is 35.5. The van der Waals surface area contributed by atoms with Gasteiger partial charge in [0.05, 0.1) is 24.9 Å². The van der Waals surface area contributed by atoms with Gasteiger partial charge in [0.1, 0.15) is 0 Å². The second-order valence-corrected chi connectivity index (χ2v) is 7.84. The van der Waals surface area contributed by atoms with Crippen LogP contribution in [0.15, 0.2) is 0 Å². The largest absolute Gasteiger partial charge is 0.383 e. The molecule has 0 amide bonds. The molecule has 22 heavy (non-hydrogen) atoms. The number of rotatable bonds is 6. The predicted octanol–water partition coefficient (Wildman–Crippen LogP) is 0.120. The Morgan fingerprint density at radius 1 is 1.45 bits per heavy atom. The van der Waals surface area contributed by atoms with Crippen LogP contribution in [0.25, 0.3) is 0 Å². The van der Waals surface area contributed by atoms with E-state index >= 15 is 0 Å². The number of nitrogens with one attached hydrogen (secondary N) is 2. The van der Waals surface area contributed by atoms with Crippen LogP contribution in [0.5, 0.6) is 0 Å². The summed E-state index contributed by atoms with van der Waals surface area (Å²) in [5, 5.41) is 3.37. The highest BCUT2D eigenvalue weighted by molar-refractivity contribution is 7.87. The van der Waals surface area contributed by atoms with Gasteiger partial charge in [0, 0.05) is 26.2 Å². The molecule has 2 heterocycles. The zero-order chi connectivity index (χ0) is 15.5. The maximum absolute atomic E-state index is 12.5. The summed E-state index contributed by atoms with van der Waals surface area (Å²) in [6.07, 6.45) is 1.88. The van der Waals surface area contributed by atoms with Gasteiger partial charge in [-0.1, -0.05) is 0 Å². The van der Waals surface area contributed by atoms with E-state index in [9.17, 15) is 8.42 Å². The fourth-order valence-electron chi connectivity index (χ4n) is 2.99. The second kappa shape index (κ2) is 8.23. The van der Waals surface area contributed by atoms with Crippen molar-refractivity contribution in [1.29, 1.82) is 0 Å². The molecule has 3 atom stereocenters. The molecular weight excluding hydrogens is 330 g/mol. The van der Waals surface area contributed by atoms with Crippen molar-refractivity contribution in [3.63, 3.8) is 0 Å². The zero-order valence-electron chi connectivity index (χ0n) is 13.5. The molecular formula is C13H28ClN3O4S. The van der Waals surface area contributed by atoms with E-state index in [4.69, 9.17) is 9.47 Å². The highest BCUT2D eigenvalue weighted by Gasteiger charge is 2.38. The maximum atomic E-state index is 12.5. The van der Waals surface area contributed by atoms with Crippen LogP contribution in [0.1, 0.15) is 26.7 Å². The van der Waals surface area contributed by atoms with Crippen LogP contribution >= 0.6 is 12.4 Å². The Labute approximate surface area is 139 Å². The normalized spacial score (nSPS) is 33.6. The van der Waals surface area contributed by atoms with Gasteiger partial charge in [-0.3, -0.25) is 0 Å². The fraction of sp³-hybridized carbons (Fsp3) is 1.00. The monoisotopic (exact) mass is 357 g/mol. The van der Waals surface area contributed by atoms with Crippen molar-refractivity contribution in [2.24, 2.45) is 0 Å². The average Bonchev–Trinajstić information content (AvgIpc) is 2.89. The first-order valence-electron chi connectivity index (χ1n) is 7.50. The number of hydrogen-bond acceptors (Lipinski definition) is 5. The maximum Gasteiger partial charge on any atom is 0.279 e. The summed E-state index contributed by atoms with van der Waals surface area (Å²) < 4.78 is 40.0. The molecule has 2 aliphatic rings. The minimum Gasteiger partial charge on any atom is -0.383 e. The van der Waals surface area contributed by atoms with Gasteiger partial charge in [0.15, 0.2) is 0 Å². The van der Waals surface area contributed by atoms with Gasteiger partial charge in [0.2, 0.25) is 0 Å². The van der Waals surface area contributed by atoms with Crippen molar-refractivity contribution in [3.05, 3.63) is 0 Å². The van der Waals surface area contributed by atoms with Crippen LogP contribution in [0.3, 0.4) is 0 Å². The number of methoxy groups -OCH3 is 1. The molecule has 0 radical (unpaired) electrons. The minimum absolute atomic E-state index is 0. The lowest BCUT2D eigenvalue weighted by Gasteiger charge is -2.37. The van der Waals surface area contributed by atoms with Crippen LogP contribution in [-0.2, 0) is 19.7 Å². The number of hydrogen-bond donors (Lipinski definition) is 2. The Bertz CT molecular complexity index is 443. The average molecular weight is 358 g/mol. The van der Waals surface area contributed by atoms with E-state index < -0.39 is 10.2 Å². The van der Waals surface area contributed by atoms with Crippen LogP contribution in [-0.4, -0.2) is 70.4 Å². The molecule has 2 saturated heterocycles. The molecule has 7 nitrogen and oxygen atoms in total. The van der Waals surface area contributed by atoms with Crippen molar-refractivity contribution < 1.29 is 17.9 Å². The molecule has 3 unspecified atom stereocenters. The van der Waals surface area contributed by atoms with Gasteiger partial charge < -0.3 is 14.8 Å². The lowest BCUT2D eigenvalue weighted by atomic mass is 9.99. The first kappa shape index (κ1) is 20.1. The molecule has 0 bridgehead atoms. The third-order valence-electron chi connectivity index (χ3n) is 4.21. The van der Waals surface area contributed by atoms with E-state index in [2.05, 4.69) is 10.0 Å². The SMILES string of the molecule is COCC1(CNS(=O)(=O)N2CC(C)OCC2C)CCCN1.Cl. The summed E-state index contributed by atoms with van der Waals surface area (Å²) in [7, 11) is -1.86. The molecule has 132 valence electrons. The summed E-state index contributed by atoms with van der Waals surface area (Å²) in [5.74, 6) is 0. The lowest BCUT2D eigenvalue weighted by Crippen LogP contribution is -2.58. The van der Waals surface area contributed by atoms with Crippen LogP contribution in [0, 0.1) is 0 Å². The van der Waals surface area contributed by atoms with Gasteiger partial charge in [-0.05, 0) is 33.2 Å². The van der Waals surface area contributed by atoms with E-state index in [1.165, 1.54) is 4.31 Å². The van der Waals surface area contributed by atoms with Crippen LogP contribution < -0.4 is 10.0 Å². The van der Waals surface area contributed by atoms with E-state index in [1.807, 2.05) is 13.8 Å². The van der Waals surface area contributed by atoms with Crippen LogP contribution in [0.2, 0.25) is 0 Å².